The Hall–Kier alpha value is -2.06. The van der Waals surface area contributed by atoms with Gasteiger partial charge in [0.15, 0.2) is 6.61 Å². The molecule has 2 N–H and O–H groups in total. The van der Waals surface area contributed by atoms with Crippen molar-refractivity contribution in [3.05, 3.63) is 50.9 Å². The number of rotatable bonds is 7. The average molecular weight is 473 g/mol. The van der Waals surface area contributed by atoms with Crippen molar-refractivity contribution in [1.29, 1.82) is 0 Å². The Morgan fingerprint density at radius 3 is 2.36 bits per heavy atom. The van der Waals surface area contributed by atoms with Gasteiger partial charge in [0.1, 0.15) is 11.5 Å². The van der Waals surface area contributed by atoms with Gasteiger partial charge in [-0.3, -0.25) is 4.79 Å². The van der Waals surface area contributed by atoms with E-state index >= 15 is 0 Å². The highest BCUT2D eigenvalue weighted by Crippen LogP contribution is 2.35. The summed E-state index contributed by atoms with van der Waals surface area (Å²) in [5.74, 6) is -0.503. The van der Waals surface area contributed by atoms with E-state index in [1.165, 1.54) is 12.1 Å². The summed E-state index contributed by atoms with van der Waals surface area (Å²) in [5.41, 5.74) is 0.651. The number of hydrogen-bond acceptors (Lipinski definition) is 4. The molecule has 0 aliphatic heterocycles. The van der Waals surface area contributed by atoms with Crippen molar-refractivity contribution in [2.24, 2.45) is 0 Å². The maximum absolute atomic E-state index is 12.1. The number of halogens is 2. The molecule has 132 valence electrons. The molecule has 0 unspecified atom stereocenters. The third-order valence-electron chi connectivity index (χ3n) is 3.05. The van der Waals surface area contributed by atoms with Crippen LogP contribution in [0.2, 0.25) is 0 Å². The van der Waals surface area contributed by atoms with Gasteiger partial charge < -0.3 is 19.9 Å². The number of benzene rings is 2. The van der Waals surface area contributed by atoms with Crippen LogP contribution < -0.4 is 14.8 Å². The monoisotopic (exact) mass is 471 g/mol. The molecule has 0 aliphatic carbocycles. The third kappa shape index (κ3) is 5.20. The van der Waals surface area contributed by atoms with Gasteiger partial charge >= 0.3 is 5.97 Å². The number of aromatic carboxylic acids is 1. The molecule has 0 atom stereocenters. The Morgan fingerprint density at radius 2 is 1.76 bits per heavy atom. The molecule has 0 fully saturated rings. The van der Waals surface area contributed by atoms with Gasteiger partial charge in [-0.25, -0.2) is 4.79 Å². The van der Waals surface area contributed by atoms with Crippen LogP contribution in [0.3, 0.4) is 0 Å². The van der Waals surface area contributed by atoms with Crippen LogP contribution in [0.1, 0.15) is 17.3 Å². The van der Waals surface area contributed by atoms with Gasteiger partial charge in [-0.2, -0.15) is 0 Å². The third-order valence-corrected chi connectivity index (χ3v) is 4.23. The van der Waals surface area contributed by atoms with Gasteiger partial charge in [0.2, 0.25) is 0 Å². The van der Waals surface area contributed by atoms with E-state index in [2.05, 4.69) is 37.2 Å². The molecule has 2 rings (SSSR count). The van der Waals surface area contributed by atoms with Crippen LogP contribution in [0.4, 0.5) is 5.69 Å². The number of carbonyl (C=O) groups excluding carboxylic acids is 1. The standard InChI is InChI=1S/C17H15Br2NO5/c1-2-24-14-6-4-3-5-13(14)20-15(21)9-25-16-11(18)7-10(17(22)23)8-12(16)19/h3-8H,2,9H2,1H3,(H,20,21)(H,22,23). The molecule has 0 bridgehead atoms. The maximum atomic E-state index is 12.1. The second-order valence-corrected chi connectivity index (χ2v) is 6.55. The van der Waals surface area contributed by atoms with E-state index < -0.39 is 5.97 Å². The fourth-order valence-corrected chi connectivity index (χ4v) is 3.41. The van der Waals surface area contributed by atoms with Crippen molar-refractivity contribution in [3.63, 3.8) is 0 Å². The summed E-state index contributed by atoms with van der Waals surface area (Å²) in [4.78, 5) is 23.1. The first-order valence-corrected chi connectivity index (χ1v) is 8.87. The second kappa shape index (κ2) is 8.87. The largest absolute Gasteiger partial charge is 0.492 e. The molecule has 0 heterocycles. The first-order valence-electron chi connectivity index (χ1n) is 7.29. The lowest BCUT2D eigenvalue weighted by Gasteiger charge is -2.13. The van der Waals surface area contributed by atoms with E-state index in [1.807, 2.05) is 13.0 Å². The lowest BCUT2D eigenvalue weighted by Crippen LogP contribution is -2.21. The molecule has 6 nitrogen and oxygen atoms in total. The summed E-state index contributed by atoms with van der Waals surface area (Å²) in [6, 6.07) is 9.91. The Labute approximate surface area is 161 Å². The molecule has 2 aromatic carbocycles. The van der Waals surface area contributed by atoms with E-state index in [0.29, 0.717) is 32.7 Å². The number of carboxylic acids is 1. The van der Waals surface area contributed by atoms with E-state index in [0.717, 1.165) is 0 Å². The first-order chi connectivity index (χ1) is 11.9. The molecule has 0 aliphatic rings. The summed E-state index contributed by atoms with van der Waals surface area (Å²) >= 11 is 6.49. The predicted molar refractivity (Wildman–Crippen MR) is 101 cm³/mol. The van der Waals surface area contributed by atoms with Crippen molar-refractivity contribution in [1.82, 2.24) is 0 Å². The van der Waals surface area contributed by atoms with Gasteiger partial charge in [0, 0.05) is 0 Å². The minimum absolute atomic E-state index is 0.0983. The van der Waals surface area contributed by atoms with Crippen molar-refractivity contribution in [2.45, 2.75) is 6.92 Å². The number of nitrogens with one attached hydrogen (secondary N) is 1. The SMILES string of the molecule is CCOc1ccccc1NC(=O)COc1c(Br)cc(C(=O)O)cc1Br. The van der Waals surface area contributed by atoms with Crippen molar-refractivity contribution in [3.8, 4) is 11.5 Å². The molecule has 1 amide bonds. The molecule has 0 radical (unpaired) electrons. The number of anilines is 1. The second-order valence-electron chi connectivity index (χ2n) is 4.84. The van der Waals surface area contributed by atoms with Crippen LogP contribution in [0.25, 0.3) is 0 Å². The average Bonchev–Trinajstić information content (AvgIpc) is 2.56. The number of hydrogen-bond donors (Lipinski definition) is 2. The molecule has 2 aromatic rings. The van der Waals surface area contributed by atoms with Crippen LogP contribution in [-0.4, -0.2) is 30.2 Å². The zero-order valence-corrected chi connectivity index (χ0v) is 16.4. The Bertz CT molecular complexity index is 771. The van der Waals surface area contributed by atoms with Crippen molar-refractivity contribution >= 4 is 49.4 Å². The van der Waals surface area contributed by atoms with E-state index in [1.54, 1.807) is 18.2 Å². The fraction of sp³-hybridized carbons (Fsp3) is 0.176. The minimum atomic E-state index is -1.06. The van der Waals surface area contributed by atoms with Crippen molar-refractivity contribution < 1.29 is 24.2 Å². The van der Waals surface area contributed by atoms with Gasteiger partial charge in [-0.05, 0) is 63.0 Å². The Kier molecular flexibility index (Phi) is 6.83. The normalized spacial score (nSPS) is 10.2. The van der Waals surface area contributed by atoms with E-state index in [4.69, 9.17) is 14.6 Å². The number of amides is 1. The summed E-state index contributed by atoms with van der Waals surface area (Å²) in [6.45, 7) is 2.10. The molecular formula is C17H15Br2NO5. The summed E-state index contributed by atoms with van der Waals surface area (Å²) in [7, 11) is 0. The highest BCUT2D eigenvalue weighted by Gasteiger charge is 2.15. The predicted octanol–water partition coefficient (Wildman–Crippen LogP) is 4.33. The quantitative estimate of drug-likeness (QED) is 0.626. The smallest absolute Gasteiger partial charge is 0.335 e. The van der Waals surface area contributed by atoms with Gasteiger partial charge in [-0.15, -0.1) is 0 Å². The molecule has 0 aromatic heterocycles. The first kappa shape index (κ1) is 19.3. The minimum Gasteiger partial charge on any atom is -0.492 e. The zero-order valence-electron chi connectivity index (χ0n) is 13.2. The number of ether oxygens (including phenoxy) is 2. The number of carboxylic acid groups (broad SMARTS) is 1. The molecule has 0 saturated heterocycles. The lowest BCUT2D eigenvalue weighted by molar-refractivity contribution is -0.118. The van der Waals surface area contributed by atoms with Crippen molar-refractivity contribution in [2.75, 3.05) is 18.5 Å². The fourth-order valence-electron chi connectivity index (χ4n) is 2.00. The van der Waals surface area contributed by atoms with E-state index in [-0.39, 0.29) is 18.1 Å². The highest BCUT2D eigenvalue weighted by atomic mass is 79.9. The summed E-state index contributed by atoms with van der Waals surface area (Å²) in [6.07, 6.45) is 0. The maximum Gasteiger partial charge on any atom is 0.335 e. The molecule has 0 saturated carbocycles. The molecule has 0 spiro atoms. The highest BCUT2D eigenvalue weighted by molar-refractivity contribution is 9.11. The lowest BCUT2D eigenvalue weighted by atomic mass is 10.2. The number of para-hydroxylation sites is 2. The van der Waals surface area contributed by atoms with Crippen LogP contribution >= 0.6 is 31.9 Å². The van der Waals surface area contributed by atoms with Gasteiger partial charge in [0.25, 0.3) is 5.91 Å². The number of carbonyl (C=O) groups is 2. The van der Waals surface area contributed by atoms with Crippen LogP contribution in [0.5, 0.6) is 11.5 Å². The van der Waals surface area contributed by atoms with Gasteiger partial charge in [-0.1, -0.05) is 12.1 Å². The van der Waals surface area contributed by atoms with Crippen LogP contribution in [0.15, 0.2) is 45.3 Å². The molecular weight excluding hydrogens is 458 g/mol. The summed E-state index contributed by atoms with van der Waals surface area (Å²) < 4.78 is 11.8. The van der Waals surface area contributed by atoms with Crippen LogP contribution in [-0.2, 0) is 4.79 Å². The van der Waals surface area contributed by atoms with E-state index in [9.17, 15) is 9.59 Å². The zero-order chi connectivity index (χ0) is 18.4. The van der Waals surface area contributed by atoms with Gasteiger partial charge in [0.05, 0.1) is 26.8 Å². The Balaban J connectivity index is 2.05. The van der Waals surface area contributed by atoms with Crippen LogP contribution in [0, 0.1) is 0 Å². The summed E-state index contributed by atoms with van der Waals surface area (Å²) in [5, 5.41) is 11.7. The topological polar surface area (TPSA) is 84.9 Å². The molecule has 8 heteroatoms. The molecule has 25 heavy (non-hydrogen) atoms. The Morgan fingerprint density at radius 1 is 1.12 bits per heavy atom.